The lowest BCUT2D eigenvalue weighted by molar-refractivity contribution is 0.0957. The maximum absolute atomic E-state index is 11.3. The minimum absolute atomic E-state index is 0.206. The van der Waals surface area contributed by atoms with Gasteiger partial charge in [0.25, 0.3) is 5.91 Å². The van der Waals surface area contributed by atoms with E-state index in [1.54, 1.807) is 0 Å². The molecule has 0 spiro atoms. The van der Waals surface area contributed by atoms with Crippen molar-refractivity contribution in [1.29, 1.82) is 0 Å². The third kappa shape index (κ3) is 3.28. The molecule has 4 nitrogen and oxygen atoms in total. The number of rotatable bonds is 5. The van der Waals surface area contributed by atoms with Crippen molar-refractivity contribution < 1.29 is 4.79 Å². The van der Waals surface area contributed by atoms with E-state index in [1.165, 1.54) is 35.5 Å². The predicted molar refractivity (Wildman–Crippen MR) is 69.6 cm³/mol. The van der Waals surface area contributed by atoms with Crippen molar-refractivity contribution in [2.45, 2.75) is 25.8 Å². The summed E-state index contributed by atoms with van der Waals surface area (Å²) in [5.41, 5.74) is 2.16. The molecule has 1 fully saturated rings. The minimum Gasteiger partial charge on any atom is -0.301 e. The Morgan fingerprint density at radius 2 is 2.35 bits per heavy atom. The zero-order valence-corrected chi connectivity index (χ0v) is 10.9. The van der Waals surface area contributed by atoms with Gasteiger partial charge in [0.15, 0.2) is 0 Å². The van der Waals surface area contributed by atoms with E-state index in [9.17, 15) is 4.79 Å². The number of nitrogens with two attached hydrogens (primary N) is 1. The average Bonchev–Trinajstić information content (AvgIpc) is 2.71. The van der Waals surface area contributed by atoms with E-state index in [4.69, 9.17) is 5.84 Å². The molecular weight excluding hydrogens is 234 g/mol. The number of thiophene rings is 1. The summed E-state index contributed by atoms with van der Waals surface area (Å²) >= 11 is 1.51. The van der Waals surface area contributed by atoms with Crippen molar-refractivity contribution in [3.8, 4) is 0 Å². The number of hydrogen-bond acceptors (Lipinski definition) is 4. The molecule has 0 aliphatic heterocycles. The molecule has 1 aromatic heterocycles. The second kappa shape index (κ2) is 5.62. The van der Waals surface area contributed by atoms with E-state index in [1.807, 2.05) is 12.1 Å². The second-order valence-electron chi connectivity index (χ2n) is 4.73. The molecule has 0 atom stereocenters. The summed E-state index contributed by atoms with van der Waals surface area (Å²) in [4.78, 5) is 15.5. The summed E-state index contributed by atoms with van der Waals surface area (Å²) in [6, 6.07) is 3.84. The van der Waals surface area contributed by atoms with Crippen LogP contribution in [0.3, 0.4) is 0 Å². The van der Waals surface area contributed by atoms with Crippen molar-refractivity contribution >= 4 is 17.2 Å². The van der Waals surface area contributed by atoms with Gasteiger partial charge in [-0.15, -0.1) is 11.3 Å². The molecule has 1 aliphatic carbocycles. The Hall–Kier alpha value is -0.910. The van der Waals surface area contributed by atoms with Crippen LogP contribution in [0.15, 0.2) is 12.1 Å². The highest BCUT2D eigenvalue weighted by Crippen LogP contribution is 2.27. The molecule has 0 unspecified atom stereocenters. The van der Waals surface area contributed by atoms with Crippen LogP contribution in [0.2, 0.25) is 0 Å². The SMILES string of the molecule is CN(Cc1ccc(C(=O)NN)s1)CC1CCC1. The molecular formula is C12H19N3OS. The molecule has 0 bridgehead atoms. The Labute approximate surface area is 106 Å². The quantitative estimate of drug-likeness (QED) is 0.476. The number of hydrazine groups is 1. The lowest BCUT2D eigenvalue weighted by Gasteiger charge is -2.29. The predicted octanol–water partition coefficient (Wildman–Crippen LogP) is 1.58. The van der Waals surface area contributed by atoms with Gasteiger partial charge in [-0.05, 0) is 37.9 Å². The van der Waals surface area contributed by atoms with E-state index in [0.717, 1.165) is 19.0 Å². The molecule has 5 heteroatoms. The molecule has 1 aliphatic rings. The van der Waals surface area contributed by atoms with Crippen LogP contribution in [0.1, 0.15) is 33.8 Å². The monoisotopic (exact) mass is 253 g/mol. The zero-order valence-electron chi connectivity index (χ0n) is 10.1. The molecule has 17 heavy (non-hydrogen) atoms. The van der Waals surface area contributed by atoms with Gasteiger partial charge in [-0.2, -0.15) is 0 Å². The van der Waals surface area contributed by atoms with Crippen molar-refractivity contribution in [3.63, 3.8) is 0 Å². The van der Waals surface area contributed by atoms with Crippen molar-refractivity contribution in [1.82, 2.24) is 10.3 Å². The molecule has 1 heterocycles. The number of amides is 1. The van der Waals surface area contributed by atoms with Gasteiger partial charge >= 0.3 is 0 Å². The molecule has 0 saturated heterocycles. The van der Waals surface area contributed by atoms with Crippen LogP contribution in [-0.2, 0) is 6.54 Å². The van der Waals surface area contributed by atoms with Crippen molar-refractivity contribution in [2.75, 3.05) is 13.6 Å². The normalized spacial score (nSPS) is 15.9. The first-order valence-corrected chi connectivity index (χ1v) is 6.79. The first-order chi connectivity index (χ1) is 8.19. The number of nitrogens with zero attached hydrogens (tertiary/aromatic N) is 1. The number of carbonyl (C=O) groups is 1. The minimum atomic E-state index is -0.206. The summed E-state index contributed by atoms with van der Waals surface area (Å²) in [6.45, 7) is 2.08. The fourth-order valence-corrected chi connectivity index (χ4v) is 3.09. The van der Waals surface area contributed by atoms with Gasteiger partial charge in [-0.3, -0.25) is 10.2 Å². The highest BCUT2D eigenvalue weighted by Gasteiger charge is 2.19. The zero-order chi connectivity index (χ0) is 12.3. The van der Waals surface area contributed by atoms with Gasteiger partial charge in [0, 0.05) is 18.0 Å². The Kier molecular flexibility index (Phi) is 4.15. The molecule has 1 amide bonds. The number of nitrogen functional groups attached to an aromatic ring is 1. The van der Waals surface area contributed by atoms with Crippen LogP contribution in [0.25, 0.3) is 0 Å². The number of carbonyl (C=O) groups excluding carboxylic acids is 1. The highest BCUT2D eigenvalue weighted by atomic mass is 32.1. The summed E-state index contributed by atoms with van der Waals surface area (Å²) < 4.78 is 0. The van der Waals surface area contributed by atoms with Gasteiger partial charge in [0.2, 0.25) is 0 Å². The van der Waals surface area contributed by atoms with E-state index in [-0.39, 0.29) is 5.91 Å². The van der Waals surface area contributed by atoms with Crippen LogP contribution in [0, 0.1) is 5.92 Å². The van der Waals surface area contributed by atoms with E-state index in [2.05, 4.69) is 17.4 Å². The van der Waals surface area contributed by atoms with Crippen molar-refractivity contribution in [2.24, 2.45) is 11.8 Å². The molecule has 94 valence electrons. The van der Waals surface area contributed by atoms with Gasteiger partial charge in [0.05, 0.1) is 4.88 Å². The lowest BCUT2D eigenvalue weighted by Crippen LogP contribution is -2.29. The Morgan fingerprint density at radius 1 is 1.59 bits per heavy atom. The topological polar surface area (TPSA) is 58.4 Å². The first kappa shape index (κ1) is 12.5. The molecule has 2 rings (SSSR count). The fourth-order valence-electron chi connectivity index (χ4n) is 2.10. The molecule has 0 radical (unpaired) electrons. The van der Waals surface area contributed by atoms with Gasteiger partial charge in [-0.25, -0.2) is 5.84 Å². The Morgan fingerprint density at radius 3 is 2.94 bits per heavy atom. The molecule has 1 aromatic rings. The first-order valence-electron chi connectivity index (χ1n) is 5.97. The summed E-state index contributed by atoms with van der Waals surface area (Å²) in [7, 11) is 2.14. The van der Waals surface area contributed by atoms with E-state index < -0.39 is 0 Å². The van der Waals surface area contributed by atoms with E-state index in [0.29, 0.717) is 4.88 Å². The van der Waals surface area contributed by atoms with Gasteiger partial charge in [-0.1, -0.05) is 6.42 Å². The van der Waals surface area contributed by atoms with Crippen LogP contribution in [0.5, 0.6) is 0 Å². The molecule has 1 saturated carbocycles. The fraction of sp³-hybridized carbons (Fsp3) is 0.583. The lowest BCUT2D eigenvalue weighted by atomic mass is 9.85. The Bertz CT molecular complexity index is 387. The van der Waals surface area contributed by atoms with Gasteiger partial charge < -0.3 is 4.90 Å². The largest absolute Gasteiger partial charge is 0.301 e. The second-order valence-corrected chi connectivity index (χ2v) is 5.90. The van der Waals surface area contributed by atoms with Crippen molar-refractivity contribution in [3.05, 3.63) is 21.9 Å². The third-order valence-electron chi connectivity index (χ3n) is 3.24. The highest BCUT2D eigenvalue weighted by molar-refractivity contribution is 7.14. The van der Waals surface area contributed by atoms with Crippen LogP contribution in [0.4, 0.5) is 0 Å². The maximum Gasteiger partial charge on any atom is 0.275 e. The smallest absolute Gasteiger partial charge is 0.275 e. The number of nitrogens with one attached hydrogen (secondary N) is 1. The molecule has 3 N–H and O–H groups in total. The van der Waals surface area contributed by atoms with Crippen LogP contribution >= 0.6 is 11.3 Å². The summed E-state index contributed by atoms with van der Waals surface area (Å²) in [6.07, 6.45) is 4.13. The standard InChI is InChI=1S/C12H19N3OS/c1-15(7-9-3-2-4-9)8-10-5-6-11(17-10)12(16)14-13/h5-6,9H,2-4,7-8,13H2,1H3,(H,14,16). The number of hydrogen-bond donors (Lipinski definition) is 2. The third-order valence-corrected chi connectivity index (χ3v) is 4.31. The summed E-state index contributed by atoms with van der Waals surface area (Å²) in [5.74, 6) is 5.78. The molecule has 0 aromatic carbocycles. The summed E-state index contributed by atoms with van der Waals surface area (Å²) in [5, 5.41) is 0. The maximum atomic E-state index is 11.3. The van der Waals surface area contributed by atoms with E-state index >= 15 is 0 Å². The Balaban J connectivity index is 1.85. The average molecular weight is 253 g/mol. The van der Waals surface area contributed by atoms with Gasteiger partial charge in [0.1, 0.15) is 0 Å². The van der Waals surface area contributed by atoms with Crippen LogP contribution < -0.4 is 11.3 Å². The van der Waals surface area contributed by atoms with Crippen LogP contribution in [-0.4, -0.2) is 24.4 Å².